The van der Waals surface area contributed by atoms with Gasteiger partial charge in [-0.2, -0.15) is 0 Å². The fraction of sp³-hybridized carbons (Fsp3) is 0.600. The van der Waals surface area contributed by atoms with Gasteiger partial charge in [-0.3, -0.25) is 10.2 Å². The SMILES string of the molecule is CCC[C@H](COC)N/C=C(\C(=N)N)C(N)=O. The first-order valence-corrected chi connectivity index (χ1v) is 5.12. The molecule has 6 nitrogen and oxygen atoms in total. The van der Waals surface area contributed by atoms with E-state index in [4.69, 9.17) is 21.6 Å². The fourth-order valence-electron chi connectivity index (χ4n) is 1.25. The van der Waals surface area contributed by atoms with Gasteiger partial charge in [0, 0.05) is 19.4 Å². The Morgan fingerprint density at radius 3 is 2.56 bits per heavy atom. The number of ether oxygens (including phenoxy) is 1. The molecule has 0 radical (unpaired) electrons. The van der Waals surface area contributed by atoms with Crippen LogP contribution in [-0.2, 0) is 9.53 Å². The average molecular weight is 228 g/mol. The molecule has 0 saturated heterocycles. The second kappa shape index (κ2) is 7.70. The van der Waals surface area contributed by atoms with Gasteiger partial charge in [0.1, 0.15) is 5.84 Å². The van der Waals surface area contributed by atoms with Crippen molar-refractivity contribution in [2.75, 3.05) is 13.7 Å². The first kappa shape index (κ1) is 14.4. The third-order valence-corrected chi connectivity index (χ3v) is 2.02. The number of carbonyl (C=O) groups excluding carboxylic acids is 1. The number of amidine groups is 1. The van der Waals surface area contributed by atoms with Crippen LogP contribution in [0.1, 0.15) is 19.8 Å². The lowest BCUT2D eigenvalue weighted by Crippen LogP contribution is -2.33. The third-order valence-electron chi connectivity index (χ3n) is 2.02. The van der Waals surface area contributed by atoms with Crippen molar-refractivity contribution in [3.8, 4) is 0 Å². The monoisotopic (exact) mass is 228 g/mol. The molecule has 0 bridgehead atoms. The lowest BCUT2D eigenvalue weighted by molar-refractivity contribution is -0.114. The number of carbonyl (C=O) groups is 1. The second-order valence-electron chi connectivity index (χ2n) is 3.44. The molecule has 0 heterocycles. The molecule has 0 spiro atoms. The van der Waals surface area contributed by atoms with Crippen LogP contribution in [0.25, 0.3) is 0 Å². The molecule has 0 aromatic rings. The van der Waals surface area contributed by atoms with Gasteiger partial charge in [-0.1, -0.05) is 13.3 Å². The van der Waals surface area contributed by atoms with E-state index >= 15 is 0 Å². The highest BCUT2D eigenvalue weighted by atomic mass is 16.5. The Morgan fingerprint density at radius 2 is 2.19 bits per heavy atom. The zero-order valence-electron chi connectivity index (χ0n) is 9.75. The zero-order chi connectivity index (χ0) is 12.6. The van der Waals surface area contributed by atoms with Crippen molar-refractivity contribution >= 4 is 11.7 Å². The number of amides is 1. The smallest absolute Gasteiger partial charge is 0.253 e. The molecule has 0 aromatic heterocycles. The predicted octanol–water partition coefficient (Wildman–Crippen LogP) is -0.304. The van der Waals surface area contributed by atoms with E-state index in [2.05, 4.69) is 5.32 Å². The quantitative estimate of drug-likeness (QED) is 0.259. The number of nitrogens with one attached hydrogen (secondary N) is 2. The molecule has 0 saturated carbocycles. The predicted molar refractivity (Wildman–Crippen MR) is 62.9 cm³/mol. The summed E-state index contributed by atoms with van der Waals surface area (Å²) in [6.45, 7) is 2.57. The molecule has 1 atom stereocenters. The molecule has 0 rings (SSSR count). The van der Waals surface area contributed by atoms with Crippen LogP contribution in [0.4, 0.5) is 0 Å². The van der Waals surface area contributed by atoms with Crippen molar-refractivity contribution in [2.45, 2.75) is 25.8 Å². The lowest BCUT2D eigenvalue weighted by atomic mass is 10.1. The molecule has 0 aliphatic heterocycles. The summed E-state index contributed by atoms with van der Waals surface area (Å²) >= 11 is 0. The maximum Gasteiger partial charge on any atom is 0.253 e. The number of hydrogen-bond acceptors (Lipinski definition) is 4. The van der Waals surface area contributed by atoms with Crippen molar-refractivity contribution in [3.05, 3.63) is 11.8 Å². The van der Waals surface area contributed by atoms with Gasteiger partial charge in [-0.05, 0) is 6.42 Å². The van der Waals surface area contributed by atoms with Gasteiger partial charge < -0.3 is 21.5 Å². The summed E-state index contributed by atoms with van der Waals surface area (Å²) in [5, 5.41) is 10.1. The van der Waals surface area contributed by atoms with E-state index in [1.807, 2.05) is 6.92 Å². The summed E-state index contributed by atoms with van der Waals surface area (Å²) in [7, 11) is 1.61. The molecule has 0 aliphatic carbocycles. The summed E-state index contributed by atoms with van der Waals surface area (Å²) in [4.78, 5) is 10.9. The topological polar surface area (TPSA) is 114 Å². The number of hydrogen-bond donors (Lipinski definition) is 4. The molecule has 6 heteroatoms. The van der Waals surface area contributed by atoms with Gasteiger partial charge in [0.2, 0.25) is 0 Å². The summed E-state index contributed by atoms with van der Waals surface area (Å²) in [5.41, 5.74) is 10.3. The molecular weight excluding hydrogens is 208 g/mol. The lowest BCUT2D eigenvalue weighted by Gasteiger charge is -2.16. The summed E-state index contributed by atoms with van der Waals surface area (Å²) in [6, 6.07) is 0.0868. The van der Waals surface area contributed by atoms with Crippen molar-refractivity contribution in [1.29, 1.82) is 5.41 Å². The van der Waals surface area contributed by atoms with Gasteiger partial charge in [0.25, 0.3) is 5.91 Å². The van der Waals surface area contributed by atoms with Crippen LogP contribution in [0.3, 0.4) is 0 Å². The Balaban J connectivity index is 4.47. The standard InChI is InChI=1S/C10H20N4O2/c1-3-4-7(6-16-2)14-5-8(9(11)12)10(13)15/h5,7,14H,3-4,6H2,1-2H3,(H3,11,12)(H2,13,15)/b8-5+/t7-/m1/s1. The van der Waals surface area contributed by atoms with E-state index < -0.39 is 5.91 Å². The van der Waals surface area contributed by atoms with Crippen LogP contribution < -0.4 is 16.8 Å². The number of rotatable bonds is 8. The molecule has 0 aliphatic rings. The Hall–Kier alpha value is -1.56. The van der Waals surface area contributed by atoms with E-state index in [9.17, 15) is 4.79 Å². The first-order valence-electron chi connectivity index (χ1n) is 5.12. The average Bonchev–Trinajstić information content (AvgIpc) is 2.17. The van der Waals surface area contributed by atoms with Crippen LogP contribution in [-0.4, -0.2) is 31.5 Å². The van der Waals surface area contributed by atoms with Crippen LogP contribution in [0.2, 0.25) is 0 Å². The first-order chi connectivity index (χ1) is 7.52. The van der Waals surface area contributed by atoms with Crippen LogP contribution in [0.5, 0.6) is 0 Å². The Labute approximate surface area is 95.5 Å². The number of primary amides is 1. The Morgan fingerprint density at radius 1 is 1.56 bits per heavy atom. The minimum absolute atomic E-state index is 0.0165. The van der Waals surface area contributed by atoms with Crippen LogP contribution >= 0.6 is 0 Å². The van der Waals surface area contributed by atoms with Gasteiger partial charge in [-0.25, -0.2) is 0 Å². The van der Waals surface area contributed by atoms with Crippen LogP contribution in [0, 0.1) is 5.41 Å². The number of methoxy groups -OCH3 is 1. The highest BCUT2D eigenvalue weighted by molar-refractivity contribution is 6.18. The molecule has 0 unspecified atom stereocenters. The Kier molecular flexibility index (Phi) is 6.95. The highest BCUT2D eigenvalue weighted by Crippen LogP contribution is 1.98. The van der Waals surface area contributed by atoms with E-state index in [1.54, 1.807) is 7.11 Å². The normalized spacial score (nSPS) is 13.2. The maximum absolute atomic E-state index is 10.9. The van der Waals surface area contributed by atoms with E-state index in [0.717, 1.165) is 12.8 Å². The van der Waals surface area contributed by atoms with Gasteiger partial charge >= 0.3 is 0 Å². The highest BCUT2D eigenvalue weighted by Gasteiger charge is 2.10. The zero-order valence-corrected chi connectivity index (χ0v) is 9.75. The second-order valence-corrected chi connectivity index (χ2v) is 3.44. The third kappa shape index (κ3) is 5.35. The van der Waals surface area contributed by atoms with E-state index in [1.165, 1.54) is 6.20 Å². The van der Waals surface area contributed by atoms with Crippen molar-refractivity contribution in [2.24, 2.45) is 11.5 Å². The summed E-state index contributed by atoms with van der Waals surface area (Å²) in [5.74, 6) is -1.06. The molecular formula is C10H20N4O2. The molecule has 1 amide bonds. The minimum Gasteiger partial charge on any atom is -0.385 e. The summed E-state index contributed by atoms with van der Waals surface area (Å²) < 4.78 is 5.02. The molecule has 92 valence electrons. The molecule has 0 fully saturated rings. The largest absolute Gasteiger partial charge is 0.385 e. The van der Waals surface area contributed by atoms with E-state index in [0.29, 0.717) is 6.61 Å². The molecule has 6 N–H and O–H groups in total. The molecule has 0 aromatic carbocycles. The van der Waals surface area contributed by atoms with E-state index in [-0.39, 0.29) is 17.5 Å². The molecule has 16 heavy (non-hydrogen) atoms. The maximum atomic E-state index is 10.9. The van der Waals surface area contributed by atoms with Crippen molar-refractivity contribution in [1.82, 2.24) is 5.32 Å². The van der Waals surface area contributed by atoms with Gasteiger partial charge in [-0.15, -0.1) is 0 Å². The van der Waals surface area contributed by atoms with Crippen molar-refractivity contribution < 1.29 is 9.53 Å². The minimum atomic E-state index is -0.715. The van der Waals surface area contributed by atoms with Crippen LogP contribution in [0.15, 0.2) is 11.8 Å². The number of nitrogens with two attached hydrogens (primary N) is 2. The fourth-order valence-corrected chi connectivity index (χ4v) is 1.25. The summed E-state index contributed by atoms with van der Waals surface area (Å²) in [6.07, 6.45) is 3.26. The Bertz CT molecular complexity index is 254. The van der Waals surface area contributed by atoms with Gasteiger partial charge in [0.15, 0.2) is 0 Å². The van der Waals surface area contributed by atoms with Gasteiger partial charge in [0.05, 0.1) is 12.2 Å². The van der Waals surface area contributed by atoms with Crippen molar-refractivity contribution in [3.63, 3.8) is 0 Å².